The molecule has 1 aromatic rings. The predicted octanol–water partition coefficient (Wildman–Crippen LogP) is 1.20. The number of hydrogen-bond donors (Lipinski definition) is 1. The van der Waals surface area contributed by atoms with Gasteiger partial charge in [-0.1, -0.05) is 11.6 Å². The summed E-state index contributed by atoms with van der Waals surface area (Å²) in [5.74, 6) is 1.66. The summed E-state index contributed by atoms with van der Waals surface area (Å²) in [5.41, 5.74) is 5.66. The van der Waals surface area contributed by atoms with Crippen LogP contribution in [0.15, 0.2) is 6.20 Å². The van der Waals surface area contributed by atoms with E-state index in [1.807, 2.05) is 7.05 Å². The van der Waals surface area contributed by atoms with Crippen LogP contribution in [0.3, 0.4) is 0 Å². The number of carbonyl (C=O) groups is 1. The van der Waals surface area contributed by atoms with E-state index in [0.717, 1.165) is 5.82 Å². The Balaban J connectivity index is 2.33. The molecule has 96 valence electrons. The second-order valence-electron chi connectivity index (χ2n) is 3.43. The van der Waals surface area contributed by atoms with Gasteiger partial charge in [0, 0.05) is 12.8 Å². The Bertz CT molecular complexity index is 384. The van der Waals surface area contributed by atoms with Crippen LogP contribution in [0.1, 0.15) is 12.7 Å². The van der Waals surface area contributed by atoms with Crippen LogP contribution in [0, 0.1) is 0 Å². The standard InChI is InChI=1S/C10H16ClN3O2S/c1-3-16-10(15)7(12)5-17-6-9-13-4-8(11)14(9)2/h4,7H,3,5-6,12H2,1-2H3. The second-order valence-corrected chi connectivity index (χ2v) is 4.85. The van der Waals surface area contributed by atoms with E-state index < -0.39 is 6.04 Å². The Kier molecular flexibility index (Phi) is 5.80. The molecule has 1 rings (SSSR count). The highest BCUT2D eigenvalue weighted by Gasteiger charge is 2.14. The molecule has 0 saturated heterocycles. The minimum absolute atomic E-state index is 0.353. The summed E-state index contributed by atoms with van der Waals surface area (Å²) >= 11 is 7.38. The van der Waals surface area contributed by atoms with Gasteiger partial charge in [-0.25, -0.2) is 4.98 Å². The molecular weight excluding hydrogens is 262 g/mol. The first kappa shape index (κ1) is 14.3. The Morgan fingerprint density at radius 1 is 1.76 bits per heavy atom. The molecule has 1 unspecified atom stereocenters. The van der Waals surface area contributed by atoms with Gasteiger partial charge in [-0.2, -0.15) is 11.8 Å². The zero-order valence-corrected chi connectivity index (χ0v) is 11.4. The third-order valence-corrected chi connectivity index (χ3v) is 3.55. The Morgan fingerprint density at radius 3 is 3.00 bits per heavy atom. The second kappa shape index (κ2) is 6.88. The average molecular weight is 278 g/mol. The van der Waals surface area contributed by atoms with Gasteiger partial charge in [0.25, 0.3) is 0 Å². The SMILES string of the molecule is CCOC(=O)C(N)CSCc1ncc(Cl)n1C. The van der Waals surface area contributed by atoms with Gasteiger partial charge in [0.1, 0.15) is 17.0 Å². The topological polar surface area (TPSA) is 70.1 Å². The number of carbonyl (C=O) groups excluding carboxylic acids is 1. The number of rotatable bonds is 6. The number of thioether (sulfide) groups is 1. The predicted molar refractivity (Wildman–Crippen MR) is 69.0 cm³/mol. The van der Waals surface area contributed by atoms with Gasteiger partial charge in [-0.15, -0.1) is 0 Å². The van der Waals surface area contributed by atoms with Crippen molar-refractivity contribution in [2.24, 2.45) is 12.8 Å². The fourth-order valence-electron chi connectivity index (χ4n) is 1.15. The molecule has 0 radical (unpaired) electrons. The van der Waals surface area contributed by atoms with Gasteiger partial charge >= 0.3 is 5.97 Å². The summed E-state index contributed by atoms with van der Waals surface area (Å²) < 4.78 is 6.61. The van der Waals surface area contributed by atoms with Crippen molar-refractivity contribution < 1.29 is 9.53 Å². The van der Waals surface area contributed by atoms with E-state index in [0.29, 0.717) is 23.3 Å². The van der Waals surface area contributed by atoms with Crippen molar-refractivity contribution in [2.45, 2.75) is 18.7 Å². The molecule has 0 aliphatic carbocycles. The van der Waals surface area contributed by atoms with Crippen LogP contribution in [0.5, 0.6) is 0 Å². The first-order chi connectivity index (χ1) is 8.06. The zero-order valence-electron chi connectivity index (χ0n) is 9.85. The third-order valence-electron chi connectivity index (χ3n) is 2.15. The van der Waals surface area contributed by atoms with Crippen molar-refractivity contribution in [1.82, 2.24) is 9.55 Å². The van der Waals surface area contributed by atoms with Crippen molar-refractivity contribution in [3.63, 3.8) is 0 Å². The molecular formula is C10H16ClN3O2S. The Labute approximate surface area is 110 Å². The number of hydrogen-bond acceptors (Lipinski definition) is 5. The molecule has 1 aromatic heterocycles. The third kappa shape index (κ3) is 4.22. The highest BCUT2D eigenvalue weighted by Crippen LogP contribution is 2.15. The van der Waals surface area contributed by atoms with Crippen LogP contribution in [0.25, 0.3) is 0 Å². The molecule has 0 aliphatic rings. The molecule has 0 spiro atoms. The van der Waals surface area contributed by atoms with Crippen molar-refractivity contribution in [1.29, 1.82) is 0 Å². The highest BCUT2D eigenvalue weighted by atomic mass is 35.5. The number of imidazole rings is 1. The number of nitrogens with zero attached hydrogens (tertiary/aromatic N) is 2. The van der Waals surface area contributed by atoms with Gasteiger partial charge in [-0.05, 0) is 6.92 Å². The maximum Gasteiger partial charge on any atom is 0.323 e. The summed E-state index contributed by atoms with van der Waals surface area (Å²) in [7, 11) is 1.84. The molecule has 1 atom stereocenters. The van der Waals surface area contributed by atoms with E-state index in [9.17, 15) is 4.79 Å². The van der Waals surface area contributed by atoms with Crippen molar-refractivity contribution in [2.75, 3.05) is 12.4 Å². The van der Waals surface area contributed by atoms with E-state index in [2.05, 4.69) is 4.98 Å². The van der Waals surface area contributed by atoms with E-state index >= 15 is 0 Å². The van der Waals surface area contributed by atoms with E-state index in [4.69, 9.17) is 22.1 Å². The summed E-state index contributed by atoms with van der Waals surface area (Å²) in [6, 6.07) is -0.587. The molecule has 17 heavy (non-hydrogen) atoms. The van der Waals surface area contributed by atoms with Crippen molar-refractivity contribution >= 4 is 29.3 Å². The van der Waals surface area contributed by atoms with E-state index in [-0.39, 0.29) is 5.97 Å². The van der Waals surface area contributed by atoms with Gasteiger partial charge in [0.05, 0.1) is 18.6 Å². The Hall–Kier alpha value is -0.720. The lowest BCUT2D eigenvalue weighted by atomic mass is 10.4. The lowest BCUT2D eigenvalue weighted by Gasteiger charge is -2.09. The van der Waals surface area contributed by atoms with Gasteiger partial charge in [0.15, 0.2) is 0 Å². The maximum atomic E-state index is 11.3. The monoisotopic (exact) mass is 277 g/mol. The normalized spacial score (nSPS) is 12.5. The first-order valence-corrected chi connectivity index (χ1v) is 6.75. The summed E-state index contributed by atoms with van der Waals surface area (Å²) in [5, 5.41) is 0.593. The van der Waals surface area contributed by atoms with Crippen molar-refractivity contribution in [3.8, 4) is 0 Å². The molecule has 0 fully saturated rings. The largest absolute Gasteiger partial charge is 0.465 e. The number of esters is 1. The lowest BCUT2D eigenvalue weighted by Crippen LogP contribution is -2.34. The molecule has 2 N–H and O–H groups in total. The molecule has 1 heterocycles. The number of nitrogens with two attached hydrogens (primary N) is 1. The van der Waals surface area contributed by atoms with Crippen LogP contribution >= 0.6 is 23.4 Å². The smallest absolute Gasteiger partial charge is 0.323 e. The summed E-state index contributed by atoms with van der Waals surface area (Å²) in [6.45, 7) is 2.11. The number of ether oxygens (including phenoxy) is 1. The highest BCUT2D eigenvalue weighted by molar-refractivity contribution is 7.98. The van der Waals surface area contributed by atoms with Crippen LogP contribution in [0.4, 0.5) is 0 Å². The minimum atomic E-state index is -0.587. The first-order valence-electron chi connectivity index (χ1n) is 5.22. The fourth-order valence-corrected chi connectivity index (χ4v) is 2.26. The summed E-state index contributed by atoms with van der Waals surface area (Å²) in [6.07, 6.45) is 1.60. The lowest BCUT2D eigenvalue weighted by molar-refractivity contribution is -0.144. The number of halogens is 1. The molecule has 0 bridgehead atoms. The fraction of sp³-hybridized carbons (Fsp3) is 0.600. The van der Waals surface area contributed by atoms with E-state index in [1.165, 1.54) is 11.8 Å². The van der Waals surface area contributed by atoms with Crippen LogP contribution in [-0.4, -0.2) is 33.9 Å². The molecule has 0 saturated carbocycles. The molecule has 5 nitrogen and oxygen atoms in total. The van der Waals surface area contributed by atoms with Crippen LogP contribution in [-0.2, 0) is 22.3 Å². The van der Waals surface area contributed by atoms with Crippen LogP contribution < -0.4 is 5.73 Å². The maximum absolute atomic E-state index is 11.3. The zero-order chi connectivity index (χ0) is 12.8. The minimum Gasteiger partial charge on any atom is -0.465 e. The molecule has 0 aliphatic heterocycles. The quantitative estimate of drug-likeness (QED) is 0.791. The molecule has 7 heteroatoms. The molecule has 0 amide bonds. The van der Waals surface area contributed by atoms with E-state index in [1.54, 1.807) is 17.7 Å². The average Bonchev–Trinajstić information content (AvgIpc) is 2.61. The Morgan fingerprint density at radius 2 is 2.47 bits per heavy atom. The van der Waals surface area contributed by atoms with Gasteiger partial charge < -0.3 is 15.0 Å². The van der Waals surface area contributed by atoms with Crippen LogP contribution in [0.2, 0.25) is 5.15 Å². The van der Waals surface area contributed by atoms with Crippen molar-refractivity contribution in [3.05, 3.63) is 17.2 Å². The summed E-state index contributed by atoms with van der Waals surface area (Å²) in [4.78, 5) is 15.4. The van der Waals surface area contributed by atoms with Gasteiger partial charge in [-0.3, -0.25) is 4.79 Å². The number of aromatic nitrogens is 2. The molecule has 0 aromatic carbocycles. The van der Waals surface area contributed by atoms with Gasteiger partial charge in [0.2, 0.25) is 0 Å².